The van der Waals surface area contributed by atoms with Crippen LogP contribution in [0.15, 0.2) is 72.9 Å². The molecule has 2 heterocycles. The first kappa shape index (κ1) is 16.1. The van der Waals surface area contributed by atoms with Crippen molar-refractivity contribution in [3.8, 4) is 0 Å². The van der Waals surface area contributed by atoms with E-state index in [9.17, 15) is 4.79 Å². The van der Waals surface area contributed by atoms with E-state index in [1.54, 1.807) is 24.3 Å². The molecule has 0 amide bonds. The smallest absolute Gasteiger partial charge is 0.185 e. The summed E-state index contributed by atoms with van der Waals surface area (Å²) in [5.41, 5.74) is 2.69. The van der Waals surface area contributed by atoms with Crippen LogP contribution in [0.25, 0.3) is 0 Å². The molecule has 0 aliphatic carbocycles. The minimum Gasteiger partial charge on any atom is -0.309 e. The van der Waals surface area contributed by atoms with Gasteiger partial charge in [-0.2, -0.15) is 0 Å². The summed E-state index contributed by atoms with van der Waals surface area (Å²) in [6.07, 6.45) is 2.29. The molecule has 3 aromatic rings. The lowest BCUT2D eigenvalue weighted by Crippen LogP contribution is -2.30. The van der Waals surface area contributed by atoms with Crippen LogP contribution >= 0.6 is 23.8 Å². The quantitative estimate of drug-likeness (QED) is 0.474. The summed E-state index contributed by atoms with van der Waals surface area (Å²) in [5, 5.41) is 1.32. The van der Waals surface area contributed by atoms with Gasteiger partial charge < -0.3 is 4.90 Å². The summed E-state index contributed by atoms with van der Waals surface area (Å²) in [7, 11) is 0. The maximum atomic E-state index is 12.8. The first-order valence-electron chi connectivity index (χ1n) is 8.00. The van der Waals surface area contributed by atoms with Crippen LogP contribution in [-0.4, -0.2) is 15.5 Å². The van der Waals surface area contributed by atoms with Crippen molar-refractivity contribution in [2.45, 2.75) is 12.5 Å². The number of carbonyl (C=O) groups excluding carboxylic acids is 1. The number of thiocarbonyl (C=S) groups is 1. The van der Waals surface area contributed by atoms with Crippen LogP contribution < -0.4 is 4.90 Å². The molecule has 1 atom stereocenters. The van der Waals surface area contributed by atoms with Crippen LogP contribution in [0.1, 0.15) is 28.5 Å². The van der Waals surface area contributed by atoms with Crippen LogP contribution in [0.3, 0.4) is 0 Å². The molecule has 1 aromatic heterocycles. The predicted octanol–water partition coefficient (Wildman–Crippen LogP) is 5.11. The van der Waals surface area contributed by atoms with Crippen LogP contribution in [0.2, 0.25) is 5.02 Å². The number of aromatic nitrogens is 1. The molecule has 25 heavy (non-hydrogen) atoms. The van der Waals surface area contributed by atoms with Crippen molar-refractivity contribution in [2.75, 3.05) is 4.90 Å². The van der Waals surface area contributed by atoms with Gasteiger partial charge in [0.05, 0.1) is 6.04 Å². The van der Waals surface area contributed by atoms with Gasteiger partial charge in [0.2, 0.25) is 0 Å². The van der Waals surface area contributed by atoms with E-state index in [0.29, 0.717) is 22.1 Å². The predicted molar refractivity (Wildman–Crippen MR) is 104 cm³/mol. The third kappa shape index (κ3) is 2.88. The van der Waals surface area contributed by atoms with E-state index in [1.807, 2.05) is 53.2 Å². The van der Waals surface area contributed by atoms with Crippen molar-refractivity contribution >= 4 is 40.4 Å². The molecule has 0 saturated heterocycles. The van der Waals surface area contributed by atoms with Gasteiger partial charge in [-0.15, -0.1) is 0 Å². The molecule has 2 aromatic carbocycles. The zero-order chi connectivity index (χ0) is 17.4. The van der Waals surface area contributed by atoms with Gasteiger partial charge in [0.15, 0.2) is 10.9 Å². The number of ketones is 1. The Balaban J connectivity index is 1.69. The Morgan fingerprint density at radius 3 is 2.44 bits per heavy atom. The van der Waals surface area contributed by atoms with Gasteiger partial charge in [-0.1, -0.05) is 29.8 Å². The number of nitrogens with zero attached hydrogens (tertiary/aromatic N) is 2. The highest BCUT2D eigenvalue weighted by atomic mass is 35.5. The standard InChI is InChI=1S/C20H15ClN2OS/c21-15-10-8-14(9-11-15)19(24)13-18-17-7-4-12-22(17)20(25)23(18)16-5-2-1-3-6-16/h1-12,18H,13H2. The van der Waals surface area contributed by atoms with E-state index in [4.69, 9.17) is 23.8 Å². The maximum Gasteiger partial charge on any atom is 0.185 e. The number of fused-ring (bicyclic) bond motifs is 1. The highest BCUT2D eigenvalue weighted by molar-refractivity contribution is 7.80. The van der Waals surface area contributed by atoms with E-state index in [0.717, 1.165) is 11.4 Å². The normalized spacial score (nSPS) is 16.1. The molecule has 3 nitrogen and oxygen atoms in total. The lowest BCUT2D eigenvalue weighted by Gasteiger charge is -2.25. The molecule has 5 heteroatoms. The summed E-state index contributed by atoms with van der Waals surface area (Å²) >= 11 is 11.6. The van der Waals surface area contributed by atoms with E-state index in [-0.39, 0.29) is 11.8 Å². The molecular weight excluding hydrogens is 352 g/mol. The van der Waals surface area contributed by atoms with Gasteiger partial charge in [0.1, 0.15) is 0 Å². The summed E-state index contributed by atoms with van der Waals surface area (Å²) in [4.78, 5) is 14.9. The van der Waals surface area contributed by atoms with Gasteiger partial charge in [0.25, 0.3) is 0 Å². The van der Waals surface area contributed by atoms with Crippen molar-refractivity contribution in [3.05, 3.63) is 89.2 Å². The topological polar surface area (TPSA) is 25.2 Å². The molecule has 4 rings (SSSR count). The molecule has 1 aliphatic heterocycles. The number of hydrogen-bond acceptors (Lipinski definition) is 2. The summed E-state index contributed by atoms with van der Waals surface area (Å²) in [6, 6.07) is 20.8. The lowest BCUT2D eigenvalue weighted by molar-refractivity contribution is 0.0975. The van der Waals surface area contributed by atoms with Gasteiger partial charge in [0, 0.05) is 34.6 Å². The number of benzene rings is 2. The van der Waals surface area contributed by atoms with Crippen molar-refractivity contribution in [3.63, 3.8) is 0 Å². The lowest BCUT2D eigenvalue weighted by atomic mass is 10.0. The minimum atomic E-state index is -0.118. The maximum absolute atomic E-state index is 12.8. The van der Waals surface area contributed by atoms with Crippen LogP contribution in [0, 0.1) is 0 Å². The number of Topliss-reactive ketones (excluding diaryl/α,β-unsaturated/α-hetero) is 1. The Labute approximate surface area is 156 Å². The third-order valence-electron chi connectivity index (χ3n) is 4.42. The number of anilines is 1. The average Bonchev–Trinajstić information content (AvgIpc) is 3.20. The highest BCUT2D eigenvalue weighted by Crippen LogP contribution is 2.37. The largest absolute Gasteiger partial charge is 0.309 e. The molecule has 0 radical (unpaired) electrons. The molecule has 0 saturated carbocycles. The number of rotatable bonds is 4. The Hall–Kier alpha value is -2.43. The van der Waals surface area contributed by atoms with Gasteiger partial charge >= 0.3 is 0 Å². The number of halogens is 1. The van der Waals surface area contributed by atoms with Crippen molar-refractivity contribution in [2.24, 2.45) is 0 Å². The second-order valence-corrected chi connectivity index (χ2v) is 6.74. The minimum absolute atomic E-state index is 0.0695. The van der Waals surface area contributed by atoms with E-state index < -0.39 is 0 Å². The zero-order valence-corrected chi connectivity index (χ0v) is 14.9. The zero-order valence-electron chi connectivity index (χ0n) is 13.3. The van der Waals surface area contributed by atoms with Crippen LogP contribution in [0.4, 0.5) is 5.69 Å². The summed E-state index contributed by atoms with van der Waals surface area (Å²) in [6.45, 7) is 0. The monoisotopic (exact) mass is 366 g/mol. The van der Waals surface area contributed by atoms with E-state index in [1.165, 1.54) is 0 Å². The first-order valence-corrected chi connectivity index (χ1v) is 8.78. The van der Waals surface area contributed by atoms with Gasteiger partial charge in [-0.05, 0) is 60.7 Å². The molecule has 124 valence electrons. The highest BCUT2D eigenvalue weighted by Gasteiger charge is 2.36. The SMILES string of the molecule is O=C(CC1c2cccn2C(=S)N1c1ccccc1)c1ccc(Cl)cc1. The first-order chi connectivity index (χ1) is 12.1. The van der Waals surface area contributed by atoms with E-state index >= 15 is 0 Å². The molecule has 0 N–H and O–H groups in total. The fourth-order valence-corrected chi connectivity index (χ4v) is 3.75. The van der Waals surface area contributed by atoms with Gasteiger partial charge in [-0.25, -0.2) is 0 Å². The van der Waals surface area contributed by atoms with E-state index in [2.05, 4.69) is 4.90 Å². The molecule has 1 aliphatic rings. The van der Waals surface area contributed by atoms with Crippen LogP contribution in [0.5, 0.6) is 0 Å². The number of carbonyl (C=O) groups is 1. The van der Waals surface area contributed by atoms with Crippen LogP contribution in [-0.2, 0) is 0 Å². The molecule has 0 fully saturated rings. The second-order valence-electron chi connectivity index (χ2n) is 5.94. The van der Waals surface area contributed by atoms with Crippen molar-refractivity contribution in [1.29, 1.82) is 0 Å². The molecule has 1 unspecified atom stereocenters. The number of hydrogen-bond donors (Lipinski definition) is 0. The second kappa shape index (κ2) is 6.47. The summed E-state index contributed by atoms with van der Waals surface area (Å²) in [5.74, 6) is 0.0695. The Morgan fingerprint density at radius 1 is 1.00 bits per heavy atom. The van der Waals surface area contributed by atoms with Crippen molar-refractivity contribution in [1.82, 2.24) is 4.57 Å². The fourth-order valence-electron chi connectivity index (χ4n) is 3.23. The third-order valence-corrected chi connectivity index (χ3v) is 5.07. The molecular formula is C20H15ClN2OS. The molecule has 0 bridgehead atoms. The Bertz CT molecular complexity index is 934. The summed E-state index contributed by atoms with van der Waals surface area (Å²) < 4.78 is 1.97. The Morgan fingerprint density at radius 2 is 1.72 bits per heavy atom. The Kier molecular flexibility index (Phi) is 4.15. The van der Waals surface area contributed by atoms with Crippen molar-refractivity contribution < 1.29 is 4.79 Å². The average molecular weight is 367 g/mol. The fraction of sp³-hybridized carbons (Fsp3) is 0.100. The van der Waals surface area contributed by atoms with Gasteiger partial charge in [-0.3, -0.25) is 9.36 Å². The molecule has 0 spiro atoms. The number of para-hydroxylation sites is 1.